The van der Waals surface area contributed by atoms with Gasteiger partial charge in [0.2, 0.25) is 5.82 Å². The molecule has 0 amide bonds. The molecule has 2 rings (SSSR count). The third-order valence-electron chi connectivity index (χ3n) is 2.39. The Morgan fingerprint density at radius 3 is 2.60 bits per heavy atom. The van der Waals surface area contributed by atoms with Crippen LogP contribution < -0.4 is 5.32 Å². The topological polar surface area (TPSA) is 50.7 Å². The number of aromatic nitrogens is 3. The van der Waals surface area contributed by atoms with E-state index in [9.17, 15) is 13.2 Å². The maximum atomic E-state index is 12.5. The number of halogens is 4. The van der Waals surface area contributed by atoms with Crippen molar-refractivity contribution in [2.24, 2.45) is 0 Å². The zero-order chi connectivity index (χ0) is 14.8. The Hall–Kier alpha value is -1.89. The van der Waals surface area contributed by atoms with Crippen molar-refractivity contribution in [1.82, 2.24) is 15.0 Å². The molecule has 20 heavy (non-hydrogen) atoms. The maximum Gasteiger partial charge on any atom is 0.451 e. The van der Waals surface area contributed by atoms with Gasteiger partial charge in [-0.25, -0.2) is 9.97 Å². The van der Waals surface area contributed by atoms with Crippen LogP contribution in [0.25, 0.3) is 0 Å². The van der Waals surface area contributed by atoms with Gasteiger partial charge in [-0.05, 0) is 18.6 Å². The molecule has 0 atom stereocenters. The molecule has 0 aromatic carbocycles. The second-order valence-electron chi connectivity index (χ2n) is 4.06. The lowest BCUT2D eigenvalue weighted by atomic mass is 10.2. The molecule has 0 saturated carbocycles. The van der Waals surface area contributed by atoms with E-state index in [0.717, 1.165) is 11.3 Å². The van der Waals surface area contributed by atoms with Gasteiger partial charge in [-0.2, -0.15) is 13.2 Å². The lowest BCUT2D eigenvalue weighted by molar-refractivity contribution is -0.144. The molecule has 0 aliphatic carbocycles. The highest BCUT2D eigenvalue weighted by molar-refractivity contribution is 6.29. The predicted octanol–water partition coefficient (Wildman–Crippen LogP) is 3.46. The molecule has 2 aromatic rings. The summed E-state index contributed by atoms with van der Waals surface area (Å²) in [6.07, 6.45) is -3.00. The molecule has 0 fully saturated rings. The van der Waals surface area contributed by atoms with Crippen LogP contribution >= 0.6 is 11.6 Å². The number of hydrogen-bond donors (Lipinski definition) is 1. The number of hydrogen-bond acceptors (Lipinski definition) is 4. The summed E-state index contributed by atoms with van der Waals surface area (Å²) in [5, 5.41) is 2.49. The molecule has 0 spiro atoms. The molecule has 106 valence electrons. The van der Waals surface area contributed by atoms with Gasteiger partial charge in [0.05, 0.1) is 0 Å². The Balaban J connectivity index is 2.13. The van der Waals surface area contributed by atoms with Crippen molar-refractivity contribution in [3.63, 3.8) is 0 Å². The van der Waals surface area contributed by atoms with Crippen molar-refractivity contribution < 1.29 is 13.2 Å². The normalized spacial score (nSPS) is 11.4. The summed E-state index contributed by atoms with van der Waals surface area (Å²) in [7, 11) is 0. The van der Waals surface area contributed by atoms with Gasteiger partial charge in [0.25, 0.3) is 0 Å². The van der Waals surface area contributed by atoms with E-state index in [1.165, 1.54) is 6.07 Å². The number of rotatable bonds is 3. The van der Waals surface area contributed by atoms with Crippen molar-refractivity contribution in [3.05, 3.63) is 46.6 Å². The molecule has 2 heterocycles. The van der Waals surface area contributed by atoms with Gasteiger partial charge in [0.15, 0.2) is 0 Å². The monoisotopic (exact) mass is 302 g/mol. The lowest BCUT2D eigenvalue weighted by Gasteiger charge is -2.09. The summed E-state index contributed by atoms with van der Waals surface area (Å²) in [6.45, 7) is 2.13. The molecule has 8 heteroatoms. The van der Waals surface area contributed by atoms with Gasteiger partial charge in [0, 0.05) is 24.5 Å². The standard InChI is InChI=1S/C12H10ClF3N4/c1-7-2-3-8(5-17-7)6-18-10-4-9(13)19-11(20-10)12(14,15)16/h2-5H,6H2,1H3,(H,18,19,20). The molecular weight excluding hydrogens is 293 g/mol. The van der Waals surface area contributed by atoms with E-state index in [-0.39, 0.29) is 17.5 Å². The molecule has 1 N–H and O–H groups in total. The molecule has 0 aliphatic rings. The number of nitrogens with one attached hydrogen (secondary N) is 1. The first-order valence-electron chi connectivity index (χ1n) is 5.62. The fraction of sp³-hybridized carbons (Fsp3) is 0.250. The molecule has 0 saturated heterocycles. The van der Waals surface area contributed by atoms with Crippen LogP contribution in [0.5, 0.6) is 0 Å². The van der Waals surface area contributed by atoms with E-state index < -0.39 is 12.0 Å². The number of pyridine rings is 1. The third-order valence-corrected chi connectivity index (χ3v) is 2.59. The summed E-state index contributed by atoms with van der Waals surface area (Å²) in [4.78, 5) is 10.6. The van der Waals surface area contributed by atoms with Crippen LogP contribution in [-0.4, -0.2) is 15.0 Å². The first-order chi connectivity index (χ1) is 9.34. The van der Waals surface area contributed by atoms with Crippen LogP contribution in [-0.2, 0) is 12.7 Å². The summed E-state index contributed by atoms with van der Waals surface area (Å²) >= 11 is 5.56. The fourth-order valence-corrected chi connectivity index (χ4v) is 1.61. The molecule has 0 bridgehead atoms. The van der Waals surface area contributed by atoms with Gasteiger partial charge in [-0.1, -0.05) is 17.7 Å². The maximum absolute atomic E-state index is 12.5. The SMILES string of the molecule is Cc1ccc(CNc2cc(Cl)nc(C(F)(F)F)n2)cn1. The minimum atomic E-state index is -4.63. The second kappa shape index (κ2) is 5.62. The Labute approximate surface area is 118 Å². The van der Waals surface area contributed by atoms with E-state index in [4.69, 9.17) is 11.6 Å². The highest BCUT2D eigenvalue weighted by atomic mass is 35.5. The average molecular weight is 303 g/mol. The van der Waals surface area contributed by atoms with Crippen LogP contribution in [0.2, 0.25) is 5.15 Å². The second-order valence-corrected chi connectivity index (χ2v) is 4.45. The van der Waals surface area contributed by atoms with Crippen LogP contribution in [0.1, 0.15) is 17.1 Å². The summed E-state index contributed by atoms with van der Waals surface area (Å²) < 4.78 is 37.6. The Morgan fingerprint density at radius 2 is 2.00 bits per heavy atom. The number of anilines is 1. The van der Waals surface area contributed by atoms with Crippen molar-refractivity contribution in [1.29, 1.82) is 0 Å². The highest BCUT2D eigenvalue weighted by Crippen LogP contribution is 2.28. The van der Waals surface area contributed by atoms with Gasteiger partial charge < -0.3 is 5.32 Å². The molecule has 2 aromatic heterocycles. The molecule has 0 radical (unpaired) electrons. The van der Waals surface area contributed by atoms with Gasteiger partial charge in [0.1, 0.15) is 11.0 Å². The molecule has 0 aliphatic heterocycles. The minimum Gasteiger partial charge on any atom is -0.366 e. The Morgan fingerprint density at radius 1 is 1.25 bits per heavy atom. The van der Waals surface area contributed by atoms with Crippen LogP contribution in [0, 0.1) is 6.92 Å². The summed E-state index contributed by atoms with van der Waals surface area (Å²) in [6, 6.07) is 4.87. The zero-order valence-electron chi connectivity index (χ0n) is 10.4. The third kappa shape index (κ3) is 3.80. The van der Waals surface area contributed by atoms with Crippen molar-refractivity contribution >= 4 is 17.4 Å². The predicted molar refractivity (Wildman–Crippen MR) is 68.3 cm³/mol. The van der Waals surface area contributed by atoms with E-state index in [1.807, 2.05) is 19.1 Å². The van der Waals surface area contributed by atoms with Crippen molar-refractivity contribution in [2.45, 2.75) is 19.6 Å². The number of alkyl halides is 3. The highest BCUT2D eigenvalue weighted by Gasteiger charge is 2.35. The summed E-state index contributed by atoms with van der Waals surface area (Å²) in [5.74, 6) is -1.26. The molecule has 0 unspecified atom stereocenters. The zero-order valence-corrected chi connectivity index (χ0v) is 11.1. The van der Waals surface area contributed by atoms with Gasteiger partial charge >= 0.3 is 6.18 Å². The van der Waals surface area contributed by atoms with Crippen LogP contribution in [0.15, 0.2) is 24.4 Å². The minimum absolute atomic E-state index is 0.0119. The quantitative estimate of drug-likeness (QED) is 0.882. The first kappa shape index (κ1) is 14.5. The Kier molecular flexibility index (Phi) is 4.08. The lowest BCUT2D eigenvalue weighted by Crippen LogP contribution is -2.13. The average Bonchev–Trinajstić information content (AvgIpc) is 2.36. The van der Waals surface area contributed by atoms with E-state index >= 15 is 0 Å². The van der Waals surface area contributed by atoms with E-state index in [0.29, 0.717) is 0 Å². The van der Waals surface area contributed by atoms with E-state index in [2.05, 4.69) is 20.3 Å². The van der Waals surface area contributed by atoms with Crippen molar-refractivity contribution in [2.75, 3.05) is 5.32 Å². The van der Waals surface area contributed by atoms with Crippen LogP contribution in [0.4, 0.5) is 19.0 Å². The van der Waals surface area contributed by atoms with Crippen molar-refractivity contribution in [3.8, 4) is 0 Å². The Bertz CT molecular complexity index is 599. The molecule has 4 nitrogen and oxygen atoms in total. The number of aryl methyl sites for hydroxylation is 1. The first-order valence-corrected chi connectivity index (χ1v) is 5.99. The van der Waals surface area contributed by atoms with Gasteiger partial charge in [-0.3, -0.25) is 4.98 Å². The fourth-order valence-electron chi connectivity index (χ4n) is 1.43. The van der Waals surface area contributed by atoms with E-state index in [1.54, 1.807) is 6.20 Å². The summed E-state index contributed by atoms with van der Waals surface area (Å²) in [5.41, 5.74) is 1.68. The van der Waals surface area contributed by atoms with Gasteiger partial charge in [-0.15, -0.1) is 0 Å². The largest absolute Gasteiger partial charge is 0.451 e. The van der Waals surface area contributed by atoms with Crippen LogP contribution in [0.3, 0.4) is 0 Å². The number of nitrogens with zero attached hydrogens (tertiary/aromatic N) is 3. The molecular formula is C12H10ClF3N4. The smallest absolute Gasteiger partial charge is 0.366 e.